The van der Waals surface area contributed by atoms with Crippen LogP contribution in [0, 0.1) is 20.8 Å². The molecule has 27 heavy (non-hydrogen) atoms. The molecular formula is C21H22N4O2. The number of hydrogen-bond donors (Lipinski definition) is 2. The van der Waals surface area contributed by atoms with E-state index in [1.807, 2.05) is 75.4 Å². The maximum absolute atomic E-state index is 12.1. The van der Waals surface area contributed by atoms with E-state index in [9.17, 15) is 4.79 Å². The molecule has 1 heterocycles. The zero-order valence-corrected chi connectivity index (χ0v) is 15.6. The van der Waals surface area contributed by atoms with Gasteiger partial charge < -0.3 is 15.4 Å². The van der Waals surface area contributed by atoms with Crippen LogP contribution >= 0.6 is 0 Å². The second-order valence-electron chi connectivity index (χ2n) is 6.33. The molecule has 2 N–H and O–H groups in total. The normalized spacial score (nSPS) is 10.3. The summed E-state index contributed by atoms with van der Waals surface area (Å²) >= 11 is 0. The molecule has 0 spiro atoms. The zero-order valence-electron chi connectivity index (χ0n) is 15.6. The van der Waals surface area contributed by atoms with Gasteiger partial charge in [-0.25, -0.2) is 9.97 Å². The maximum Gasteiger partial charge on any atom is 0.262 e. The van der Waals surface area contributed by atoms with Crippen LogP contribution in [-0.2, 0) is 4.79 Å². The van der Waals surface area contributed by atoms with E-state index >= 15 is 0 Å². The molecule has 0 atom stereocenters. The summed E-state index contributed by atoms with van der Waals surface area (Å²) in [5.41, 5.74) is 4.32. The standard InChI is InChI=1S/C21H22N4O2/c1-14-6-4-9-19(10-14)27-13-20(26)24-17-7-5-8-18(12-17)25-21-22-15(2)11-16(3)23-21/h4-12H,13H2,1-3H3,(H,24,26)(H,22,23,25). The lowest BCUT2D eigenvalue weighted by Gasteiger charge is -2.10. The van der Waals surface area contributed by atoms with E-state index in [4.69, 9.17) is 4.74 Å². The fraction of sp³-hybridized carbons (Fsp3) is 0.190. The van der Waals surface area contributed by atoms with E-state index in [2.05, 4.69) is 20.6 Å². The van der Waals surface area contributed by atoms with Gasteiger partial charge in [0, 0.05) is 22.8 Å². The highest BCUT2D eigenvalue weighted by atomic mass is 16.5. The van der Waals surface area contributed by atoms with E-state index < -0.39 is 0 Å². The van der Waals surface area contributed by atoms with Gasteiger partial charge >= 0.3 is 0 Å². The molecule has 1 aromatic heterocycles. The number of aromatic nitrogens is 2. The summed E-state index contributed by atoms with van der Waals surface area (Å²) in [6, 6.07) is 16.9. The first-order chi connectivity index (χ1) is 13.0. The topological polar surface area (TPSA) is 76.1 Å². The van der Waals surface area contributed by atoms with Crippen molar-refractivity contribution in [1.82, 2.24) is 9.97 Å². The Labute approximate surface area is 158 Å². The lowest BCUT2D eigenvalue weighted by atomic mass is 10.2. The van der Waals surface area contributed by atoms with Gasteiger partial charge in [-0.15, -0.1) is 0 Å². The van der Waals surface area contributed by atoms with E-state index in [1.165, 1.54) is 0 Å². The lowest BCUT2D eigenvalue weighted by Crippen LogP contribution is -2.20. The minimum atomic E-state index is -0.226. The van der Waals surface area contributed by atoms with E-state index in [1.54, 1.807) is 0 Å². The molecular weight excluding hydrogens is 340 g/mol. The van der Waals surface area contributed by atoms with Crippen molar-refractivity contribution in [1.29, 1.82) is 0 Å². The van der Waals surface area contributed by atoms with E-state index in [0.29, 0.717) is 17.4 Å². The molecule has 0 fully saturated rings. The van der Waals surface area contributed by atoms with Gasteiger partial charge in [-0.2, -0.15) is 0 Å². The Bertz CT molecular complexity index is 936. The molecule has 0 saturated heterocycles. The average Bonchev–Trinajstić information content (AvgIpc) is 2.59. The number of carbonyl (C=O) groups excluding carboxylic acids is 1. The molecule has 6 heteroatoms. The molecule has 0 radical (unpaired) electrons. The molecule has 0 unspecified atom stereocenters. The van der Waals surface area contributed by atoms with Crippen LogP contribution in [0.25, 0.3) is 0 Å². The largest absolute Gasteiger partial charge is 0.484 e. The van der Waals surface area contributed by atoms with Crippen molar-refractivity contribution in [3.8, 4) is 5.75 Å². The maximum atomic E-state index is 12.1. The molecule has 138 valence electrons. The third kappa shape index (κ3) is 5.54. The van der Waals surface area contributed by atoms with Crippen LogP contribution < -0.4 is 15.4 Å². The fourth-order valence-corrected chi connectivity index (χ4v) is 2.64. The summed E-state index contributed by atoms with van der Waals surface area (Å²) in [6.45, 7) is 5.77. The number of nitrogens with one attached hydrogen (secondary N) is 2. The number of amides is 1. The SMILES string of the molecule is Cc1cccc(OCC(=O)Nc2cccc(Nc3nc(C)cc(C)n3)c2)c1. The Balaban J connectivity index is 1.60. The lowest BCUT2D eigenvalue weighted by molar-refractivity contribution is -0.118. The predicted octanol–water partition coefficient (Wildman–Crippen LogP) is 4.16. The molecule has 3 aromatic rings. The number of carbonyl (C=O) groups is 1. The fourth-order valence-electron chi connectivity index (χ4n) is 2.64. The van der Waals surface area contributed by atoms with Gasteiger partial charge in [0.1, 0.15) is 5.75 Å². The van der Waals surface area contributed by atoms with Gasteiger partial charge in [0.25, 0.3) is 5.91 Å². The second kappa shape index (κ2) is 8.31. The highest BCUT2D eigenvalue weighted by Gasteiger charge is 2.06. The van der Waals surface area contributed by atoms with Crippen molar-refractivity contribution in [3.63, 3.8) is 0 Å². The first kappa shape index (κ1) is 18.4. The highest BCUT2D eigenvalue weighted by Crippen LogP contribution is 2.19. The Morgan fingerprint density at radius 2 is 1.63 bits per heavy atom. The highest BCUT2D eigenvalue weighted by molar-refractivity contribution is 5.92. The van der Waals surface area contributed by atoms with Crippen LogP contribution in [0.5, 0.6) is 5.75 Å². The van der Waals surface area contributed by atoms with E-state index in [0.717, 1.165) is 22.6 Å². The molecule has 0 aliphatic heterocycles. The smallest absolute Gasteiger partial charge is 0.262 e. The van der Waals surface area contributed by atoms with Crippen molar-refractivity contribution < 1.29 is 9.53 Å². The number of benzene rings is 2. The summed E-state index contributed by atoms with van der Waals surface area (Å²) in [4.78, 5) is 20.9. The minimum absolute atomic E-state index is 0.0543. The predicted molar refractivity (Wildman–Crippen MR) is 107 cm³/mol. The molecule has 0 bridgehead atoms. The van der Waals surface area contributed by atoms with Crippen molar-refractivity contribution in [2.45, 2.75) is 20.8 Å². The van der Waals surface area contributed by atoms with Crippen LogP contribution in [0.2, 0.25) is 0 Å². The number of hydrogen-bond acceptors (Lipinski definition) is 5. The quantitative estimate of drug-likeness (QED) is 0.688. The van der Waals surface area contributed by atoms with Gasteiger partial charge in [-0.1, -0.05) is 18.2 Å². The Morgan fingerprint density at radius 3 is 2.37 bits per heavy atom. The molecule has 1 amide bonds. The monoisotopic (exact) mass is 362 g/mol. The van der Waals surface area contributed by atoms with E-state index in [-0.39, 0.29) is 12.5 Å². The van der Waals surface area contributed by atoms with Gasteiger partial charge in [0.05, 0.1) is 0 Å². The summed E-state index contributed by atoms with van der Waals surface area (Å²) in [6.07, 6.45) is 0. The Morgan fingerprint density at radius 1 is 0.926 bits per heavy atom. The molecule has 0 saturated carbocycles. The van der Waals surface area contributed by atoms with Crippen LogP contribution in [0.4, 0.5) is 17.3 Å². The first-order valence-corrected chi connectivity index (χ1v) is 8.66. The van der Waals surface area contributed by atoms with Gasteiger partial charge in [0.2, 0.25) is 5.95 Å². The molecule has 3 rings (SSSR count). The van der Waals surface area contributed by atoms with Crippen molar-refractivity contribution in [2.75, 3.05) is 17.2 Å². The molecule has 6 nitrogen and oxygen atoms in total. The summed E-state index contributed by atoms with van der Waals surface area (Å²) in [7, 11) is 0. The Hall–Kier alpha value is -3.41. The van der Waals surface area contributed by atoms with Crippen LogP contribution in [-0.4, -0.2) is 22.5 Å². The van der Waals surface area contributed by atoms with Gasteiger partial charge in [-0.3, -0.25) is 4.79 Å². The van der Waals surface area contributed by atoms with Crippen molar-refractivity contribution >= 4 is 23.2 Å². The second-order valence-corrected chi connectivity index (χ2v) is 6.33. The number of nitrogens with zero attached hydrogens (tertiary/aromatic N) is 2. The Kier molecular flexibility index (Phi) is 5.66. The number of anilines is 3. The van der Waals surface area contributed by atoms with Crippen LogP contribution in [0.3, 0.4) is 0 Å². The summed E-state index contributed by atoms with van der Waals surface area (Å²) < 4.78 is 5.53. The molecule has 0 aliphatic carbocycles. The van der Waals surface area contributed by atoms with Gasteiger partial charge in [-0.05, 0) is 62.7 Å². The average molecular weight is 362 g/mol. The van der Waals surface area contributed by atoms with Crippen LogP contribution in [0.1, 0.15) is 17.0 Å². The third-order valence-electron chi connectivity index (χ3n) is 3.74. The number of aryl methyl sites for hydroxylation is 3. The summed E-state index contributed by atoms with van der Waals surface area (Å²) in [5, 5.41) is 5.99. The van der Waals surface area contributed by atoms with Crippen LogP contribution in [0.15, 0.2) is 54.6 Å². The zero-order chi connectivity index (χ0) is 19.2. The first-order valence-electron chi connectivity index (χ1n) is 8.66. The van der Waals surface area contributed by atoms with Crippen molar-refractivity contribution in [3.05, 3.63) is 71.5 Å². The van der Waals surface area contributed by atoms with Gasteiger partial charge in [0.15, 0.2) is 6.61 Å². The minimum Gasteiger partial charge on any atom is -0.484 e. The number of ether oxygens (including phenoxy) is 1. The molecule has 2 aromatic carbocycles. The molecule has 0 aliphatic rings. The third-order valence-corrected chi connectivity index (χ3v) is 3.74. The van der Waals surface area contributed by atoms with Crippen molar-refractivity contribution in [2.24, 2.45) is 0 Å². The summed E-state index contributed by atoms with van der Waals surface area (Å²) in [5.74, 6) is 0.975. The number of rotatable bonds is 6.